The van der Waals surface area contributed by atoms with E-state index in [1.807, 2.05) is 7.05 Å². The van der Waals surface area contributed by atoms with Crippen molar-refractivity contribution in [2.75, 3.05) is 0 Å². The lowest BCUT2D eigenvalue weighted by Gasteiger charge is -2.03. The number of carbonyl (C=O) groups is 1. The molecule has 0 spiro atoms. The number of aromatic nitrogens is 2. The minimum Gasteiger partial charge on any atom is -0.292 e. The quantitative estimate of drug-likeness (QED) is 0.402. The van der Waals surface area contributed by atoms with Crippen molar-refractivity contribution in [1.82, 2.24) is 9.78 Å². The van der Waals surface area contributed by atoms with Crippen molar-refractivity contribution < 1.29 is 4.79 Å². The molecule has 1 heterocycles. The number of hydrogen-bond donors (Lipinski definition) is 0. The van der Waals surface area contributed by atoms with Gasteiger partial charge in [0.25, 0.3) is 0 Å². The van der Waals surface area contributed by atoms with Crippen molar-refractivity contribution in [3.05, 3.63) is 18.0 Å². The Hall–Kier alpha value is -1.12. The summed E-state index contributed by atoms with van der Waals surface area (Å²) in [6.07, 6.45) is 15.4. The van der Waals surface area contributed by atoms with Gasteiger partial charge in [-0.2, -0.15) is 5.10 Å². The summed E-state index contributed by atoms with van der Waals surface area (Å²) in [6, 6.07) is 1.80. The van der Waals surface area contributed by atoms with E-state index in [4.69, 9.17) is 0 Å². The van der Waals surface area contributed by atoms with Gasteiger partial charge in [-0.25, -0.2) is 0 Å². The van der Waals surface area contributed by atoms with E-state index in [9.17, 15) is 4.79 Å². The second-order valence-electron chi connectivity index (χ2n) is 5.70. The molecule has 0 radical (unpaired) electrons. The molecule has 0 saturated carbocycles. The van der Waals surface area contributed by atoms with Crippen molar-refractivity contribution in [2.24, 2.45) is 7.05 Å². The van der Waals surface area contributed by atoms with E-state index >= 15 is 0 Å². The first-order chi connectivity index (χ1) is 9.75. The van der Waals surface area contributed by atoms with Gasteiger partial charge in [-0.3, -0.25) is 9.48 Å². The number of hydrogen-bond acceptors (Lipinski definition) is 2. The maximum absolute atomic E-state index is 11.9. The van der Waals surface area contributed by atoms with Gasteiger partial charge in [-0.15, -0.1) is 0 Å². The van der Waals surface area contributed by atoms with E-state index in [0.29, 0.717) is 6.42 Å². The van der Waals surface area contributed by atoms with Crippen LogP contribution >= 0.6 is 0 Å². The van der Waals surface area contributed by atoms with Crippen LogP contribution in [-0.2, 0) is 7.05 Å². The lowest BCUT2D eigenvalue weighted by atomic mass is 10.0. The third-order valence-corrected chi connectivity index (χ3v) is 3.86. The van der Waals surface area contributed by atoms with Crippen molar-refractivity contribution >= 4 is 5.78 Å². The third-order valence-electron chi connectivity index (χ3n) is 3.86. The van der Waals surface area contributed by atoms with E-state index in [-0.39, 0.29) is 5.78 Å². The summed E-state index contributed by atoms with van der Waals surface area (Å²) < 4.78 is 1.67. The van der Waals surface area contributed by atoms with Crippen molar-refractivity contribution in [1.29, 1.82) is 0 Å². The highest BCUT2D eigenvalue weighted by Crippen LogP contribution is 2.12. The van der Waals surface area contributed by atoms with Crippen molar-refractivity contribution in [2.45, 2.75) is 77.6 Å². The zero-order valence-corrected chi connectivity index (χ0v) is 13.2. The summed E-state index contributed by atoms with van der Waals surface area (Å²) >= 11 is 0. The predicted octanol–water partition coefficient (Wildman–Crippen LogP) is 4.91. The molecule has 0 aliphatic heterocycles. The predicted molar refractivity (Wildman–Crippen MR) is 84.0 cm³/mol. The number of aryl methyl sites for hydroxylation is 1. The highest BCUT2D eigenvalue weighted by Gasteiger charge is 2.08. The molecule has 1 rings (SSSR count). The van der Waals surface area contributed by atoms with Gasteiger partial charge in [-0.1, -0.05) is 64.7 Å². The molecule has 3 heteroatoms. The molecule has 0 N–H and O–H groups in total. The van der Waals surface area contributed by atoms with E-state index < -0.39 is 0 Å². The monoisotopic (exact) mass is 278 g/mol. The molecule has 0 amide bonds. The SMILES string of the molecule is CCCCCCCCCCCCC(=O)c1ccnn1C. The Morgan fingerprint density at radius 1 is 1.00 bits per heavy atom. The number of Topliss-reactive ketones (excluding diaryl/α,β-unsaturated/α-hetero) is 1. The van der Waals surface area contributed by atoms with Crippen LogP contribution in [0.15, 0.2) is 12.3 Å². The Balaban J connectivity index is 1.92. The van der Waals surface area contributed by atoms with Crippen molar-refractivity contribution in [3.63, 3.8) is 0 Å². The standard InChI is InChI=1S/C17H30N2O/c1-3-4-5-6-7-8-9-10-11-12-13-17(20)16-14-15-18-19(16)2/h14-15H,3-13H2,1-2H3. The van der Waals surface area contributed by atoms with Crippen LogP contribution in [-0.4, -0.2) is 15.6 Å². The van der Waals surface area contributed by atoms with Crippen LogP contribution in [0.1, 0.15) is 88.0 Å². The van der Waals surface area contributed by atoms with Crippen LogP contribution in [0.3, 0.4) is 0 Å². The molecule has 20 heavy (non-hydrogen) atoms. The van der Waals surface area contributed by atoms with Crippen LogP contribution in [0.25, 0.3) is 0 Å². The maximum Gasteiger partial charge on any atom is 0.180 e. The third kappa shape index (κ3) is 6.88. The van der Waals surface area contributed by atoms with Gasteiger partial charge in [0, 0.05) is 19.7 Å². The summed E-state index contributed by atoms with van der Waals surface area (Å²) in [6.45, 7) is 2.26. The normalized spacial score (nSPS) is 10.9. The highest BCUT2D eigenvalue weighted by atomic mass is 16.1. The van der Waals surface area contributed by atoms with Crippen LogP contribution < -0.4 is 0 Å². The Morgan fingerprint density at radius 2 is 1.55 bits per heavy atom. The van der Waals surface area contributed by atoms with Gasteiger partial charge in [0.1, 0.15) is 5.69 Å². The molecule has 0 aliphatic carbocycles. The second kappa shape index (κ2) is 10.6. The fourth-order valence-corrected chi connectivity index (χ4v) is 2.55. The zero-order valence-electron chi connectivity index (χ0n) is 13.2. The molecule has 114 valence electrons. The van der Waals surface area contributed by atoms with Gasteiger partial charge < -0.3 is 0 Å². The molecule has 0 aliphatic rings. The van der Waals surface area contributed by atoms with Crippen molar-refractivity contribution in [3.8, 4) is 0 Å². The lowest BCUT2D eigenvalue weighted by molar-refractivity contribution is 0.0970. The molecule has 0 bridgehead atoms. The molecule has 1 aromatic rings. The van der Waals surface area contributed by atoms with Crippen LogP contribution in [0, 0.1) is 0 Å². The van der Waals surface area contributed by atoms with Gasteiger partial charge in [0.05, 0.1) is 0 Å². The molecule has 0 aromatic carbocycles. The average Bonchev–Trinajstić information content (AvgIpc) is 2.87. The average molecular weight is 278 g/mol. The topological polar surface area (TPSA) is 34.9 Å². The molecule has 0 unspecified atom stereocenters. The number of carbonyl (C=O) groups excluding carboxylic acids is 1. The number of ketones is 1. The number of unbranched alkanes of at least 4 members (excludes halogenated alkanes) is 9. The first-order valence-electron chi connectivity index (χ1n) is 8.27. The summed E-state index contributed by atoms with van der Waals surface area (Å²) in [5, 5.41) is 4.03. The minimum atomic E-state index is 0.226. The Bertz CT molecular complexity index is 371. The first-order valence-corrected chi connectivity index (χ1v) is 8.27. The Labute approximate surface area is 123 Å². The fraction of sp³-hybridized carbons (Fsp3) is 0.765. The first kappa shape index (κ1) is 16.9. The largest absolute Gasteiger partial charge is 0.292 e. The van der Waals surface area contributed by atoms with E-state index in [1.54, 1.807) is 16.9 Å². The van der Waals surface area contributed by atoms with E-state index in [1.165, 1.54) is 57.8 Å². The number of nitrogens with zero attached hydrogens (tertiary/aromatic N) is 2. The minimum absolute atomic E-state index is 0.226. The van der Waals surface area contributed by atoms with Gasteiger partial charge in [0.15, 0.2) is 5.78 Å². The Morgan fingerprint density at radius 3 is 2.05 bits per heavy atom. The molecular weight excluding hydrogens is 248 g/mol. The van der Waals surface area contributed by atoms with Gasteiger partial charge in [-0.05, 0) is 12.5 Å². The fourth-order valence-electron chi connectivity index (χ4n) is 2.55. The van der Waals surface area contributed by atoms with Gasteiger partial charge in [0.2, 0.25) is 0 Å². The molecule has 0 saturated heterocycles. The van der Waals surface area contributed by atoms with E-state index in [0.717, 1.165) is 12.1 Å². The molecule has 0 fully saturated rings. The summed E-state index contributed by atoms with van der Waals surface area (Å²) in [5.74, 6) is 0.226. The summed E-state index contributed by atoms with van der Waals surface area (Å²) in [5.41, 5.74) is 0.737. The van der Waals surface area contributed by atoms with Crippen LogP contribution in [0.5, 0.6) is 0 Å². The summed E-state index contributed by atoms with van der Waals surface area (Å²) in [4.78, 5) is 11.9. The molecular formula is C17H30N2O. The highest BCUT2D eigenvalue weighted by molar-refractivity contribution is 5.94. The smallest absolute Gasteiger partial charge is 0.180 e. The number of rotatable bonds is 12. The zero-order chi connectivity index (χ0) is 14.6. The Kier molecular flexibility index (Phi) is 9.01. The summed E-state index contributed by atoms with van der Waals surface area (Å²) in [7, 11) is 1.83. The lowest BCUT2D eigenvalue weighted by Crippen LogP contribution is -2.06. The van der Waals surface area contributed by atoms with Crippen LogP contribution in [0.2, 0.25) is 0 Å². The molecule has 3 nitrogen and oxygen atoms in total. The van der Waals surface area contributed by atoms with Crippen LogP contribution in [0.4, 0.5) is 0 Å². The van der Waals surface area contributed by atoms with Gasteiger partial charge >= 0.3 is 0 Å². The second-order valence-corrected chi connectivity index (χ2v) is 5.70. The van der Waals surface area contributed by atoms with E-state index in [2.05, 4.69) is 12.0 Å². The molecule has 1 aromatic heterocycles. The maximum atomic E-state index is 11.9. The molecule has 0 atom stereocenters.